The molecule has 9 nitrogen and oxygen atoms in total. The lowest BCUT2D eigenvalue weighted by Crippen LogP contribution is -2.53. The normalized spacial score (nSPS) is 23.2. The van der Waals surface area contributed by atoms with Gasteiger partial charge in [-0.05, 0) is 25.0 Å². The molecule has 4 amide bonds. The molecule has 0 radical (unpaired) electrons. The molecule has 32 heavy (non-hydrogen) atoms. The molecule has 170 valence electrons. The maximum Gasteiger partial charge on any atom is 0.271 e. The summed E-state index contributed by atoms with van der Waals surface area (Å²) in [7, 11) is 0. The summed E-state index contributed by atoms with van der Waals surface area (Å²) in [6.07, 6.45) is -0.433. The van der Waals surface area contributed by atoms with Crippen molar-refractivity contribution in [3.05, 3.63) is 36.0 Å². The van der Waals surface area contributed by atoms with Gasteiger partial charge in [0.05, 0.1) is 6.54 Å². The first-order chi connectivity index (χ1) is 15.1. The molecule has 3 atom stereocenters. The van der Waals surface area contributed by atoms with Gasteiger partial charge in [0.2, 0.25) is 17.7 Å². The number of aromatic nitrogens is 1. The standard InChI is InChI=1S/C21H23F2N5O4/c22-21(23)9-16(19(31)27-14(17(24)29)8-12-5-6-25-18(12)30)28(10-21)20(32)15-7-11-3-1-2-4-13(11)26-15/h1-4,7,12,14,16,26H,5-6,8-10H2,(H2,24,29)(H,25,30)(H,27,31)/t12-,14-,16-/m0/s1. The van der Waals surface area contributed by atoms with E-state index in [-0.39, 0.29) is 18.0 Å². The lowest BCUT2D eigenvalue weighted by atomic mass is 9.97. The lowest BCUT2D eigenvalue weighted by Gasteiger charge is -2.25. The zero-order valence-corrected chi connectivity index (χ0v) is 17.1. The molecule has 3 heterocycles. The zero-order chi connectivity index (χ0) is 23.0. The van der Waals surface area contributed by atoms with E-state index in [1.807, 2.05) is 0 Å². The number of amides is 4. The third kappa shape index (κ3) is 4.27. The number of primary amides is 1. The van der Waals surface area contributed by atoms with Crippen molar-refractivity contribution >= 4 is 34.5 Å². The second-order valence-electron chi connectivity index (χ2n) is 8.26. The molecule has 0 spiro atoms. The van der Waals surface area contributed by atoms with E-state index in [0.717, 1.165) is 10.3 Å². The molecular weight excluding hydrogens is 424 g/mol. The Morgan fingerprint density at radius 1 is 1.28 bits per heavy atom. The topological polar surface area (TPSA) is 137 Å². The number of carbonyl (C=O) groups is 4. The summed E-state index contributed by atoms with van der Waals surface area (Å²) >= 11 is 0. The van der Waals surface area contributed by atoms with Crippen LogP contribution in [-0.2, 0) is 14.4 Å². The van der Waals surface area contributed by atoms with Gasteiger partial charge in [0.15, 0.2) is 0 Å². The Balaban J connectivity index is 1.52. The molecule has 2 aliphatic rings. The number of benzene rings is 1. The maximum absolute atomic E-state index is 14.2. The number of nitrogens with two attached hydrogens (primary N) is 1. The van der Waals surface area contributed by atoms with Crippen molar-refractivity contribution in [2.24, 2.45) is 11.7 Å². The number of fused-ring (bicyclic) bond motifs is 1. The molecule has 1 aromatic carbocycles. The smallest absolute Gasteiger partial charge is 0.271 e. The highest BCUT2D eigenvalue weighted by atomic mass is 19.3. The molecule has 0 unspecified atom stereocenters. The first kappa shape index (κ1) is 21.7. The minimum atomic E-state index is -3.27. The summed E-state index contributed by atoms with van der Waals surface area (Å²) in [5, 5.41) is 5.73. The van der Waals surface area contributed by atoms with E-state index in [0.29, 0.717) is 18.5 Å². The maximum atomic E-state index is 14.2. The van der Waals surface area contributed by atoms with Gasteiger partial charge in [-0.15, -0.1) is 0 Å². The van der Waals surface area contributed by atoms with Gasteiger partial charge in [-0.1, -0.05) is 18.2 Å². The number of H-pyrrole nitrogens is 1. The van der Waals surface area contributed by atoms with Gasteiger partial charge in [-0.3, -0.25) is 19.2 Å². The third-order valence-electron chi connectivity index (χ3n) is 5.94. The van der Waals surface area contributed by atoms with E-state index < -0.39 is 54.6 Å². The lowest BCUT2D eigenvalue weighted by molar-refractivity contribution is -0.131. The molecule has 2 aliphatic heterocycles. The number of hydrogen-bond acceptors (Lipinski definition) is 4. The summed E-state index contributed by atoms with van der Waals surface area (Å²) in [6, 6.07) is 5.89. The second kappa shape index (κ2) is 8.21. The fraction of sp³-hybridized carbons (Fsp3) is 0.429. The molecule has 11 heteroatoms. The Bertz CT molecular complexity index is 1050. The van der Waals surface area contributed by atoms with Crippen LogP contribution in [0.15, 0.2) is 30.3 Å². The fourth-order valence-corrected chi connectivity index (χ4v) is 4.28. The van der Waals surface area contributed by atoms with Crippen LogP contribution in [0.4, 0.5) is 8.78 Å². The number of nitrogens with zero attached hydrogens (tertiary/aromatic N) is 1. The fourth-order valence-electron chi connectivity index (χ4n) is 4.28. The minimum absolute atomic E-state index is 0.0357. The number of nitrogens with one attached hydrogen (secondary N) is 3. The number of alkyl halides is 2. The summed E-state index contributed by atoms with van der Waals surface area (Å²) in [5.41, 5.74) is 6.11. The van der Waals surface area contributed by atoms with Crippen LogP contribution in [0, 0.1) is 5.92 Å². The first-order valence-corrected chi connectivity index (χ1v) is 10.3. The van der Waals surface area contributed by atoms with Crippen molar-refractivity contribution in [1.82, 2.24) is 20.5 Å². The average Bonchev–Trinajstić information content (AvgIpc) is 3.43. The first-order valence-electron chi connectivity index (χ1n) is 10.3. The van der Waals surface area contributed by atoms with Crippen LogP contribution in [0.5, 0.6) is 0 Å². The summed E-state index contributed by atoms with van der Waals surface area (Å²) < 4.78 is 28.5. The van der Waals surface area contributed by atoms with Crippen LogP contribution in [-0.4, -0.2) is 64.6 Å². The van der Waals surface area contributed by atoms with Crippen molar-refractivity contribution in [2.75, 3.05) is 13.1 Å². The van der Waals surface area contributed by atoms with Gasteiger partial charge in [0.25, 0.3) is 11.8 Å². The number of hydrogen-bond donors (Lipinski definition) is 4. The van der Waals surface area contributed by atoms with Crippen molar-refractivity contribution < 1.29 is 28.0 Å². The van der Waals surface area contributed by atoms with Gasteiger partial charge >= 0.3 is 0 Å². The highest BCUT2D eigenvalue weighted by Gasteiger charge is 2.50. The second-order valence-corrected chi connectivity index (χ2v) is 8.26. The molecule has 2 aromatic rings. The molecular formula is C21H23F2N5O4. The Morgan fingerprint density at radius 3 is 2.69 bits per heavy atom. The van der Waals surface area contributed by atoms with Gasteiger partial charge in [-0.2, -0.15) is 0 Å². The van der Waals surface area contributed by atoms with E-state index in [1.54, 1.807) is 24.3 Å². The Morgan fingerprint density at radius 2 is 2.03 bits per heavy atom. The van der Waals surface area contributed by atoms with Crippen LogP contribution in [0.2, 0.25) is 0 Å². The third-order valence-corrected chi connectivity index (χ3v) is 5.94. The predicted molar refractivity (Wildman–Crippen MR) is 110 cm³/mol. The number of rotatable bonds is 6. The van der Waals surface area contributed by atoms with Crippen molar-refractivity contribution in [2.45, 2.75) is 37.3 Å². The predicted octanol–water partition coefficient (Wildman–Crippen LogP) is 0.514. The molecule has 0 aliphatic carbocycles. The van der Waals surface area contributed by atoms with E-state index in [9.17, 15) is 28.0 Å². The van der Waals surface area contributed by atoms with E-state index in [4.69, 9.17) is 5.73 Å². The number of para-hydroxylation sites is 1. The summed E-state index contributed by atoms with van der Waals surface area (Å²) in [6.45, 7) is -0.476. The van der Waals surface area contributed by atoms with Crippen LogP contribution < -0.4 is 16.4 Å². The summed E-state index contributed by atoms with van der Waals surface area (Å²) in [5.74, 6) is -6.57. The van der Waals surface area contributed by atoms with Crippen LogP contribution in [0.25, 0.3) is 10.9 Å². The Hall–Kier alpha value is -3.50. The highest BCUT2D eigenvalue weighted by Crippen LogP contribution is 2.33. The van der Waals surface area contributed by atoms with E-state index in [1.165, 1.54) is 6.07 Å². The highest BCUT2D eigenvalue weighted by molar-refractivity contribution is 6.01. The SMILES string of the molecule is NC(=O)[C@H](C[C@@H]1CCNC1=O)NC(=O)[C@@H]1CC(F)(F)CN1C(=O)c1cc2ccccc2[nH]1. The van der Waals surface area contributed by atoms with Crippen molar-refractivity contribution in [3.8, 4) is 0 Å². The largest absolute Gasteiger partial charge is 0.368 e. The molecule has 2 saturated heterocycles. The molecule has 2 fully saturated rings. The van der Waals surface area contributed by atoms with Gasteiger partial charge in [0, 0.05) is 29.8 Å². The van der Waals surface area contributed by atoms with E-state index >= 15 is 0 Å². The Kier molecular flexibility index (Phi) is 5.57. The Labute approximate surface area is 181 Å². The zero-order valence-electron chi connectivity index (χ0n) is 17.1. The molecule has 4 rings (SSSR count). The van der Waals surface area contributed by atoms with E-state index in [2.05, 4.69) is 15.6 Å². The number of carbonyl (C=O) groups excluding carboxylic acids is 4. The molecule has 1 aromatic heterocycles. The van der Waals surface area contributed by atoms with Crippen LogP contribution in [0.3, 0.4) is 0 Å². The molecule has 0 saturated carbocycles. The molecule has 5 N–H and O–H groups in total. The van der Waals surface area contributed by atoms with Crippen molar-refractivity contribution in [3.63, 3.8) is 0 Å². The average molecular weight is 447 g/mol. The van der Waals surface area contributed by atoms with Crippen molar-refractivity contribution in [1.29, 1.82) is 0 Å². The van der Waals surface area contributed by atoms with Gasteiger partial charge < -0.3 is 26.3 Å². The number of halogens is 2. The van der Waals surface area contributed by atoms with Gasteiger partial charge in [0.1, 0.15) is 17.8 Å². The quantitative estimate of drug-likeness (QED) is 0.513. The molecule has 0 bridgehead atoms. The van der Waals surface area contributed by atoms with Gasteiger partial charge in [-0.25, -0.2) is 8.78 Å². The number of aromatic amines is 1. The minimum Gasteiger partial charge on any atom is -0.368 e. The van der Waals surface area contributed by atoms with Crippen LogP contribution in [0.1, 0.15) is 29.8 Å². The monoisotopic (exact) mass is 447 g/mol. The van der Waals surface area contributed by atoms with Crippen LogP contribution >= 0.6 is 0 Å². The number of likely N-dealkylation sites (tertiary alicyclic amines) is 1. The summed E-state index contributed by atoms with van der Waals surface area (Å²) in [4.78, 5) is 53.2.